The van der Waals surface area contributed by atoms with E-state index < -0.39 is 10.0 Å². The number of sulfonamides is 1. The van der Waals surface area contributed by atoms with E-state index in [4.69, 9.17) is 0 Å². The topological polar surface area (TPSA) is 46.2 Å². The molecule has 1 aromatic carbocycles. The highest BCUT2D eigenvalue weighted by molar-refractivity contribution is 9.08. The van der Waals surface area contributed by atoms with Crippen LogP contribution in [0.15, 0.2) is 46.7 Å². The van der Waals surface area contributed by atoms with Gasteiger partial charge in [0.1, 0.15) is 0 Å². The second-order valence-corrected chi connectivity index (χ2v) is 7.39. The zero-order valence-corrected chi connectivity index (χ0v) is 13.6. The van der Waals surface area contributed by atoms with Crippen molar-refractivity contribution in [3.8, 4) is 0 Å². The van der Waals surface area contributed by atoms with Crippen molar-refractivity contribution in [2.75, 3.05) is 0 Å². The van der Waals surface area contributed by atoms with Crippen LogP contribution in [-0.4, -0.2) is 8.42 Å². The number of nitrogens with one attached hydrogen (secondary N) is 1. The van der Waals surface area contributed by atoms with Crippen molar-refractivity contribution in [2.24, 2.45) is 0 Å². The quantitative estimate of drug-likeness (QED) is 0.827. The second-order valence-electron chi connectivity index (χ2n) is 4.14. The molecule has 1 atom stereocenters. The van der Waals surface area contributed by atoms with Crippen molar-refractivity contribution in [1.29, 1.82) is 0 Å². The molecule has 0 fully saturated rings. The van der Waals surface area contributed by atoms with Gasteiger partial charge in [-0.25, -0.2) is 13.1 Å². The Kier molecular flexibility index (Phi) is 4.78. The standard InChI is InChI=1S/C13H14BrNO2S2/c1-10(13-3-2-8-18-13)15-19(16,17)12-6-4-11(9-14)5-7-12/h2-8,10,15H,9H2,1H3/t10-/m1/s1. The van der Waals surface area contributed by atoms with Gasteiger partial charge in [0, 0.05) is 10.2 Å². The highest BCUT2D eigenvalue weighted by atomic mass is 79.9. The van der Waals surface area contributed by atoms with Crippen LogP contribution >= 0.6 is 27.3 Å². The van der Waals surface area contributed by atoms with Gasteiger partial charge in [-0.15, -0.1) is 11.3 Å². The molecule has 3 nitrogen and oxygen atoms in total. The van der Waals surface area contributed by atoms with Gasteiger partial charge in [-0.3, -0.25) is 0 Å². The summed E-state index contributed by atoms with van der Waals surface area (Å²) in [7, 11) is -3.47. The zero-order valence-electron chi connectivity index (χ0n) is 10.3. The molecular weight excluding hydrogens is 346 g/mol. The van der Waals surface area contributed by atoms with Gasteiger partial charge < -0.3 is 0 Å². The first kappa shape index (κ1) is 14.7. The van der Waals surface area contributed by atoms with E-state index in [2.05, 4.69) is 20.7 Å². The average Bonchev–Trinajstić information content (AvgIpc) is 2.92. The lowest BCUT2D eigenvalue weighted by Crippen LogP contribution is -2.26. The van der Waals surface area contributed by atoms with E-state index >= 15 is 0 Å². The number of hydrogen-bond donors (Lipinski definition) is 1. The minimum absolute atomic E-state index is 0.221. The number of benzene rings is 1. The zero-order chi connectivity index (χ0) is 13.9. The summed E-state index contributed by atoms with van der Waals surface area (Å²) in [6, 6.07) is 10.5. The third-order valence-corrected chi connectivity index (χ3v) is 5.95. The molecule has 0 amide bonds. The number of hydrogen-bond acceptors (Lipinski definition) is 3. The minimum Gasteiger partial charge on any atom is -0.207 e. The average molecular weight is 360 g/mol. The summed E-state index contributed by atoms with van der Waals surface area (Å²) >= 11 is 4.88. The first-order valence-corrected chi connectivity index (χ1v) is 9.22. The molecule has 0 saturated carbocycles. The maximum atomic E-state index is 12.2. The predicted octanol–water partition coefficient (Wildman–Crippen LogP) is 3.68. The number of alkyl halides is 1. The summed E-state index contributed by atoms with van der Waals surface area (Å²) in [6.07, 6.45) is 0. The Bertz CT molecular complexity index is 621. The maximum Gasteiger partial charge on any atom is 0.241 e. The molecule has 0 aliphatic carbocycles. The molecule has 0 saturated heterocycles. The summed E-state index contributed by atoms with van der Waals surface area (Å²) in [5, 5.41) is 2.65. The fourth-order valence-electron chi connectivity index (χ4n) is 1.65. The molecule has 2 aromatic rings. The van der Waals surface area contributed by atoms with Crippen LogP contribution in [0.2, 0.25) is 0 Å². The van der Waals surface area contributed by atoms with E-state index in [9.17, 15) is 8.42 Å². The highest BCUT2D eigenvalue weighted by Gasteiger charge is 2.18. The van der Waals surface area contributed by atoms with Crippen LogP contribution < -0.4 is 4.72 Å². The Morgan fingerprint density at radius 3 is 2.47 bits per heavy atom. The molecule has 0 spiro atoms. The van der Waals surface area contributed by atoms with Gasteiger partial charge in [-0.05, 0) is 36.1 Å². The van der Waals surface area contributed by atoms with Gasteiger partial charge in [0.15, 0.2) is 0 Å². The SMILES string of the molecule is C[C@@H](NS(=O)(=O)c1ccc(CBr)cc1)c1cccs1. The second kappa shape index (κ2) is 6.17. The van der Waals surface area contributed by atoms with Crippen LogP contribution in [0.25, 0.3) is 0 Å². The first-order chi connectivity index (χ1) is 9.03. The molecule has 102 valence electrons. The van der Waals surface area contributed by atoms with Crippen molar-refractivity contribution >= 4 is 37.3 Å². The lowest BCUT2D eigenvalue weighted by molar-refractivity contribution is 0.568. The fourth-order valence-corrected chi connectivity index (χ4v) is 4.06. The van der Waals surface area contributed by atoms with E-state index in [-0.39, 0.29) is 6.04 Å². The molecule has 1 aromatic heterocycles. The molecule has 0 unspecified atom stereocenters. The lowest BCUT2D eigenvalue weighted by atomic mass is 10.2. The van der Waals surface area contributed by atoms with Crippen LogP contribution in [0.4, 0.5) is 0 Å². The number of halogens is 1. The Morgan fingerprint density at radius 1 is 1.26 bits per heavy atom. The molecule has 0 bridgehead atoms. The van der Waals surface area contributed by atoms with E-state index in [0.29, 0.717) is 10.2 Å². The molecule has 1 N–H and O–H groups in total. The molecule has 0 aliphatic heterocycles. The van der Waals surface area contributed by atoms with Crippen LogP contribution in [-0.2, 0) is 15.4 Å². The molecule has 2 rings (SSSR count). The fraction of sp³-hybridized carbons (Fsp3) is 0.231. The monoisotopic (exact) mass is 359 g/mol. The predicted molar refractivity (Wildman–Crippen MR) is 82.1 cm³/mol. The van der Waals surface area contributed by atoms with Gasteiger partial charge in [0.05, 0.1) is 10.9 Å². The summed E-state index contributed by atoms with van der Waals surface area (Å²) in [4.78, 5) is 1.29. The molecule has 0 aliphatic rings. The van der Waals surface area contributed by atoms with Crippen LogP contribution in [0.5, 0.6) is 0 Å². The van der Waals surface area contributed by atoms with Crippen molar-refractivity contribution < 1.29 is 8.42 Å². The first-order valence-electron chi connectivity index (χ1n) is 5.73. The van der Waals surface area contributed by atoms with Gasteiger partial charge >= 0.3 is 0 Å². The van der Waals surface area contributed by atoms with Crippen molar-refractivity contribution in [3.63, 3.8) is 0 Å². The normalized spacial score (nSPS) is 13.4. The van der Waals surface area contributed by atoms with E-state index in [1.54, 1.807) is 24.3 Å². The van der Waals surface area contributed by atoms with Gasteiger partial charge in [-0.1, -0.05) is 34.1 Å². The van der Waals surface area contributed by atoms with E-state index in [1.165, 1.54) is 11.3 Å². The Labute approximate surface area is 125 Å². The van der Waals surface area contributed by atoms with E-state index in [0.717, 1.165) is 10.4 Å². The largest absolute Gasteiger partial charge is 0.241 e. The van der Waals surface area contributed by atoms with Crippen LogP contribution in [0, 0.1) is 0 Å². The molecule has 1 heterocycles. The molecule has 0 radical (unpaired) electrons. The Morgan fingerprint density at radius 2 is 1.95 bits per heavy atom. The summed E-state index contributed by atoms with van der Waals surface area (Å²) in [5.74, 6) is 0. The Balaban J connectivity index is 2.17. The van der Waals surface area contributed by atoms with Crippen molar-refractivity contribution in [2.45, 2.75) is 23.2 Å². The molecule has 6 heteroatoms. The summed E-state index contributed by atoms with van der Waals surface area (Å²) in [5.41, 5.74) is 1.05. The van der Waals surface area contributed by atoms with Crippen molar-refractivity contribution in [3.05, 3.63) is 52.2 Å². The highest BCUT2D eigenvalue weighted by Crippen LogP contribution is 2.21. The third kappa shape index (κ3) is 3.66. The third-order valence-electron chi connectivity index (χ3n) is 2.69. The van der Waals surface area contributed by atoms with E-state index in [1.807, 2.05) is 24.4 Å². The number of rotatable bonds is 5. The Hall–Kier alpha value is -0.690. The van der Waals surface area contributed by atoms with Gasteiger partial charge in [-0.2, -0.15) is 0 Å². The molecule has 19 heavy (non-hydrogen) atoms. The number of thiophene rings is 1. The minimum atomic E-state index is -3.47. The smallest absolute Gasteiger partial charge is 0.207 e. The van der Waals surface area contributed by atoms with Crippen LogP contribution in [0.1, 0.15) is 23.4 Å². The summed E-state index contributed by atoms with van der Waals surface area (Å²) in [6.45, 7) is 1.84. The lowest BCUT2D eigenvalue weighted by Gasteiger charge is -2.13. The maximum absolute atomic E-state index is 12.2. The molecular formula is C13H14BrNO2S2. The van der Waals surface area contributed by atoms with Crippen LogP contribution in [0.3, 0.4) is 0 Å². The van der Waals surface area contributed by atoms with Crippen molar-refractivity contribution in [1.82, 2.24) is 4.72 Å². The van der Waals surface area contributed by atoms with Gasteiger partial charge in [0.25, 0.3) is 0 Å². The van der Waals surface area contributed by atoms with Gasteiger partial charge in [0.2, 0.25) is 10.0 Å². The summed E-state index contributed by atoms with van der Waals surface area (Å²) < 4.78 is 27.1.